The first-order valence-electron chi connectivity index (χ1n) is 7.79. The Bertz CT molecular complexity index is 145. The maximum Gasteiger partial charge on any atom is 0.0908 e. The van der Waals surface area contributed by atoms with E-state index in [9.17, 15) is 0 Å². The minimum atomic E-state index is 0.901. The van der Waals surface area contributed by atoms with Crippen LogP contribution in [0.15, 0.2) is 0 Å². The van der Waals surface area contributed by atoms with Crippen molar-refractivity contribution in [2.75, 3.05) is 0 Å². The van der Waals surface area contributed by atoms with Crippen LogP contribution in [-0.2, 0) is 0 Å². The molecule has 92 valence electrons. The quantitative estimate of drug-likeness (QED) is 0.621. The zero-order valence-electron chi connectivity index (χ0n) is 11.6. The largest absolute Gasteiger partial charge is 0.0908 e. The molecule has 1 saturated carbocycles. The monoisotopic (exact) mass is 220 g/mol. The second kappa shape index (κ2) is 9.19. The van der Waals surface area contributed by atoms with E-state index in [0.717, 1.165) is 11.6 Å². The molecule has 0 amide bonds. The molecular formula is C14H30B2. The van der Waals surface area contributed by atoms with Gasteiger partial charge in [-0.05, 0) is 0 Å². The van der Waals surface area contributed by atoms with Gasteiger partial charge in [0.15, 0.2) is 0 Å². The van der Waals surface area contributed by atoms with E-state index in [1.165, 1.54) is 78.5 Å². The highest BCUT2D eigenvalue weighted by molar-refractivity contribution is 7.01. The summed E-state index contributed by atoms with van der Waals surface area (Å²) in [6, 6.07) is 0. The van der Waals surface area contributed by atoms with Crippen molar-refractivity contribution in [3.8, 4) is 0 Å². The van der Waals surface area contributed by atoms with Gasteiger partial charge >= 0.3 is 0 Å². The van der Waals surface area contributed by atoms with Crippen LogP contribution in [0.25, 0.3) is 0 Å². The molecule has 1 fully saturated rings. The summed E-state index contributed by atoms with van der Waals surface area (Å²) in [6.07, 6.45) is 15.0. The van der Waals surface area contributed by atoms with Gasteiger partial charge in [-0.25, -0.2) is 0 Å². The summed E-state index contributed by atoms with van der Waals surface area (Å²) >= 11 is 0. The summed E-state index contributed by atoms with van der Waals surface area (Å²) in [6.45, 7) is 4.73. The van der Waals surface area contributed by atoms with Crippen molar-refractivity contribution in [1.82, 2.24) is 0 Å². The van der Waals surface area contributed by atoms with Crippen LogP contribution in [0.2, 0.25) is 11.6 Å². The van der Waals surface area contributed by atoms with Crippen molar-refractivity contribution in [3.05, 3.63) is 0 Å². The Labute approximate surface area is 104 Å². The summed E-state index contributed by atoms with van der Waals surface area (Å²) in [4.78, 5) is 0. The molecule has 0 nitrogen and oxygen atoms in total. The van der Waals surface area contributed by atoms with Gasteiger partial charge in [-0.1, -0.05) is 89.7 Å². The van der Waals surface area contributed by atoms with E-state index in [0.29, 0.717) is 0 Å². The lowest BCUT2D eigenvalue weighted by molar-refractivity contribution is 0.583. The third-order valence-electron chi connectivity index (χ3n) is 4.13. The van der Waals surface area contributed by atoms with Crippen LogP contribution in [0.1, 0.15) is 78.1 Å². The molecule has 0 saturated heterocycles. The zero-order chi connectivity index (χ0) is 11.6. The summed E-state index contributed by atoms with van der Waals surface area (Å²) < 4.78 is 0. The Hall–Kier alpha value is 0.130. The Morgan fingerprint density at radius 1 is 0.750 bits per heavy atom. The highest BCUT2D eigenvalue weighted by Gasteiger charge is 2.12. The van der Waals surface area contributed by atoms with Gasteiger partial charge in [0.2, 0.25) is 0 Å². The van der Waals surface area contributed by atoms with Gasteiger partial charge in [-0.2, -0.15) is 0 Å². The lowest BCUT2D eigenvalue weighted by Crippen LogP contribution is -2.14. The molecule has 1 aliphatic rings. The predicted molar refractivity (Wildman–Crippen MR) is 79.3 cm³/mol. The van der Waals surface area contributed by atoms with Crippen molar-refractivity contribution in [2.45, 2.75) is 89.7 Å². The maximum atomic E-state index is 2.37. The van der Waals surface area contributed by atoms with E-state index in [-0.39, 0.29) is 0 Å². The average molecular weight is 220 g/mol. The molecule has 16 heavy (non-hydrogen) atoms. The van der Waals surface area contributed by atoms with Gasteiger partial charge in [0.05, 0.1) is 14.3 Å². The van der Waals surface area contributed by atoms with E-state index >= 15 is 0 Å². The van der Waals surface area contributed by atoms with Crippen molar-refractivity contribution in [1.29, 1.82) is 0 Å². The van der Waals surface area contributed by atoms with Crippen LogP contribution >= 0.6 is 0 Å². The summed E-state index contributed by atoms with van der Waals surface area (Å²) in [5.74, 6) is 1.96. The van der Waals surface area contributed by atoms with Crippen molar-refractivity contribution >= 4 is 14.3 Å². The van der Waals surface area contributed by atoms with Crippen LogP contribution in [0.4, 0.5) is 0 Å². The summed E-state index contributed by atoms with van der Waals surface area (Å²) in [5.41, 5.74) is 0. The predicted octanol–water partition coefficient (Wildman–Crippen LogP) is 4.31. The van der Waals surface area contributed by atoms with E-state index < -0.39 is 0 Å². The third-order valence-corrected chi connectivity index (χ3v) is 4.13. The molecule has 0 N–H and O–H groups in total. The van der Waals surface area contributed by atoms with Crippen LogP contribution in [0.3, 0.4) is 0 Å². The fourth-order valence-corrected chi connectivity index (χ4v) is 2.93. The minimum absolute atomic E-state index is 0.901. The van der Waals surface area contributed by atoms with Crippen molar-refractivity contribution in [2.24, 2.45) is 0 Å². The molecule has 2 heteroatoms. The third kappa shape index (κ3) is 7.41. The van der Waals surface area contributed by atoms with Crippen LogP contribution < -0.4 is 0 Å². The minimum Gasteiger partial charge on any atom is -0.0788 e. The molecular weight excluding hydrogens is 190 g/mol. The second-order valence-corrected chi connectivity index (χ2v) is 6.24. The molecule has 0 aromatic carbocycles. The van der Waals surface area contributed by atoms with E-state index in [4.69, 9.17) is 0 Å². The average Bonchev–Trinajstić information content (AvgIpc) is 2.31. The van der Waals surface area contributed by atoms with Gasteiger partial charge in [0, 0.05) is 0 Å². The summed E-state index contributed by atoms with van der Waals surface area (Å²) in [7, 11) is 2.95. The van der Waals surface area contributed by atoms with Crippen LogP contribution in [0.5, 0.6) is 0 Å². The van der Waals surface area contributed by atoms with Gasteiger partial charge < -0.3 is 0 Å². The Kier molecular flexibility index (Phi) is 8.15. The normalized spacial score (nSPS) is 21.4. The first-order chi connectivity index (χ1) is 7.79. The molecule has 0 heterocycles. The maximum absolute atomic E-state index is 2.37. The number of hydrogen-bond acceptors (Lipinski definition) is 0. The second-order valence-electron chi connectivity index (χ2n) is 6.24. The van der Waals surface area contributed by atoms with E-state index in [2.05, 4.69) is 13.8 Å². The SMILES string of the molecule is CC(C)BBC1CCCCCCCCCC1. The highest BCUT2D eigenvalue weighted by atomic mass is 14.1. The molecule has 0 unspecified atom stereocenters. The Morgan fingerprint density at radius 2 is 1.19 bits per heavy atom. The number of hydrogen-bond donors (Lipinski definition) is 0. The van der Waals surface area contributed by atoms with Gasteiger partial charge in [-0.15, -0.1) is 0 Å². The standard InChI is InChI=1S/C14H30B2/c1-13(2)15-16-14-11-9-7-5-3-4-6-8-10-12-14/h13-16H,3-12H2,1-2H3. The number of rotatable bonds is 3. The molecule has 0 bridgehead atoms. The molecule has 0 atom stereocenters. The molecule has 0 aromatic heterocycles. The fraction of sp³-hybridized carbons (Fsp3) is 1.00. The first kappa shape index (κ1) is 14.2. The first-order valence-corrected chi connectivity index (χ1v) is 7.79. The van der Waals surface area contributed by atoms with Crippen LogP contribution in [-0.4, -0.2) is 14.3 Å². The Balaban J connectivity index is 2.22. The fourth-order valence-electron chi connectivity index (χ4n) is 2.93. The highest BCUT2D eigenvalue weighted by Crippen LogP contribution is 2.24. The molecule has 0 spiro atoms. The van der Waals surface area contributed by atoms with E-state index in [1.54, 1.807) is 0 Å². The summed E-state index contributed by atoms with van der Waals surface area (Å²) in [5, 5.41) is 0. The van der Waals surface area contributed by atoms with Gasteiger partial charge in [-0.3, -0.25) is 0 Å². The molecule has 1 aliphatic carbocycles. The molecule has 1 rings (SSSR count). The lowest BCUT2D eigenvalue weighted by atomic mass is 9.29. The van der Waals surface area contributed by atoms with Gasteiger partial charge in [0.1, 0.15) is 0 Å². The van der Waals surface area contributed by atoms with Gasteiger partial charge in [0.25, 0.3) is 0 Å². The Morgan fingerprint density at radius 3 is 1.62 bits per heavy atom. The smallest absolute Gasteiger partial charge is 0.0788 e. The molecule has 0 aromatic rings. The zero-order valence-corrected chi connectivity index (χ0v) is 11.6. The van der Waals surface area contributed by atoms with E-state index in [1.807, 2.05) is 0 Å². The molecule has 0 aliphatic heterocycles. The topological polar surface area (TPSA) is 0 Å². The molecule has 0 radical (unpaired) electrons. The lowest BCUT2D eigenvalue weighted by Gasteiger charge is -2.15. The van der Waals surface area contributed by atoms with Crippen molar-refractivity contribution in [3.63, 3.8) is 0 Å². The van der Waals surface area contributed by atoms with Crippen molar-refractivity contribution < 1.29 is 0 Å². The van der Waals surface area contributed by atoms with Crippen LogP contribution in [0, 0.1) is 0 Å².